The summed E-state index contributed by atoms with van der Waals surface area (Å²) in [5, 5.41) is 7.46. The zero-order valence-corrected chi connectivity index (χ0v) is 15.3. The van der Waals surface area contributed by atoms with Crippen LogP contribution >= 0.6 is 11.3 Å². The van der Waals surface area contributed by atoms with Gasteiger partial charge in [0, 0.05) is 17.3 Å². The maximum Gasteiger partial charge on any atom is 0.335 e. The second-order valence-corrected chi connectivity index (χ2v) is 8.92. The molecule has 0 saturated carbocycles. The Labute approximate surface area is 149 Å². The summed E-state index contributed by atoms with van der Waals surface area (Å²) in [6, 6.07) is 8.14. The van der Waals surface area contributed by atoms with Crippen LogP contribution in [0, 0.1) is 0 Å². The zero-order valence-electron chi connectivity index (χ0n) is 13.6. The van der Waals surface area contributed by atoms with Crippen LogP contribution in [0.4, 0.5) is 0 Å². The molecule has 1 aliphatic carbocycles. The van der Waals surface area contributed by atoms with Crippen LogP contribution in [-0.4, -0.2) is 29.9 Å². The molecule has 1 aromatic carbocycles. The summed E-state index contributed by atoms with van der Waals surface area (Å²) in [6.07, 6.45) is 5.50. The molecular formula is C17H15N3O3S2. The second-order valence-electron chi connectivity index (χ2n) is 6.14. The molecule has 8 heteroatoms. The number of allylic oxidation sites excluding steroid dienone is 2. The van der Waals surface area contributed by atoms with Crippen molar-refractivity contribution in [1.29, 1.82) is 0 Å². The number of aromatic nitrogens is 3. The van der Waals surface area contributed by atoms with Crippen LogP contribution in [0.3, 0.4) is 0 Å². The van der Waals surface area contributed by atoms with E-state index in [4.69, 9.17) is 4.42 Å². The lowest BCUT2D eigenvalue weighted by atomic mass is 9.73. The van der Waals surface area contributed by atoms with Gasteiger partial charge < -0.3 is 4.42 Å². The van der Waals surface area contributed by atoms with Crippen LogP contribution in [0.25, 0.3) is 5.57 Å². The van der Waals surface area contributed by atoms with Crippen molar-refractivity contribution < 1.29 is 12.8 Å². The van der Waals surface area contributed by atoms with E-state index < -0.39 is 15.3 Å². The molecule has 1 unspecified atom stereocenters. The fourth-order valence-electron chi connectivity index (χ4n) is 3.23. The van der Waals surface area contributed by atoms with Gasteiger partial charge in [0.1, 0.15) is 5.41 Å². The first-order valence-electron chi connectivity index (χ1n) is 7.61. The van der Waals surface area contributed by atoms with Gasteiger partial charge >= 0.3 is 5.22 Å². The molecule has 0 saturated heterocycles. The summed E-state index contributed by atoms with van der Waals surface area (Å²) in [5.41, 5.74) is 4.43. The van der Waals surface area contributed by atoms with Crippen LogP contribution in [0.2, 0.25) is 0 Å². The maximum atomic E-state index is 11.8. The number of nitrogens with zero attached hydrogens (tertiary/aromatic N) is 3. The van der Waals surface area contributed by atoms with Gasteiger partial charge in [-0.1, -0.05) is 35.4 Å². The van der Waals surface area contributed by atoms with E-state index in [0.717, 1.165) is 22.3 Å². The SMILES string of the molecule is CC1=CC(c2nnc(S(C)(=O)=O)o2)(c2cncs2)Cc2ccccc21. The standard InChI is InChI=1S/C17H15N3O3S2/c1-11-7-17(14-9-18-10-24-14,8-12-5-3-4-6-13(11)12)15-19-20-16(23-15)25(2,21)22/h3-7,9-10H,8H2,1-2H3. The fourth-order valence-corrected chi connectivity index (χ4v) is 4.44. The molecule has 0 N–H and O–H groups in total. The van der Waals surface area contributed by atoms with Crippen molar-refractivity contribution in [3.63, 3.8) is 0 Å². The molecule has 128 valence electrons. The molecule has 0 aliphatic heterocycles. The summed E-state index contributed by atoms with van der Waals surface area (Å²) in [4.78, 5) is 5.12. The van der Waals surface area contributed by atoms with Crippen LogP contribution in [0.1, 0.15) is 28.8 Å². The molecule has 0 spiro atoms. The van der Waals surface area contributed by atoms with Crippen molar-refractivity contribution in [3.05, 3.63) is 63.9 Å². The molecule has 4 rings (SSSR count). The summed E-state index contributed by atoms with van der Waals surface area (Å²) in [6.45, 7) is 2.03. The Hall–Kier alpha value is -2.32. The first-order chi connectivity index (χ1) is 11.9. The third-order valence-corrected chi connectivity index (χ3v) is 6.10. The number of hydrogen-bond donors (Lipinski definition) is 0. The van der Waals surface area contributed by atoms with Crippen molar-refractivity contribution >= 4 is 26.7 Å². The quantitative estimate of drug-likeness (QED) is 0.702. The minimum atomic E-state index is -3.56. The highest BCUT2D eigenvalue weighted by Crippen LogP contribution is 2.44. The average molecular weight is 373 g/mol. The van der Waals surface area contributed by atoms with E-state index in [1.807, 2.05) is 19.1 Å². The van der Waals surface area contributed by atoms with Gasteiger partial charge in [-0.25, -0.2) is 8.42 Å². The zero-order chi connectivity index (χ0) is 17.7. The number of rotatable bonds is 3. The van der Waals surface area contributed by atoms with Crippen LogP contribution in [0.15, 0.2) is 51.7 Å². The number of fused-ring (bicyclic) bond motifs is 1. The van der Waals surface area contributed by atoms with E-state index in [9.17, 15) is 8.42 Å². The predicted octanol–water partition coefficient (Wildman–Crippen LogP) is 2.88. The van der Waals surface area contributed by atoms with Gasteiger partial charge in [-0.05, 0) is 30.0 Å². The lowest BCUT2D eigenvalue weighted by Crippen LogP contribution is -2.31. The molecule has 1 atom stereocenters. The molecular weight excluding hydrogens is 358 g/mol. The first kappa shape index (κ1) is 16.2. The topological polar surface area (TPSA) is 86.0 Å². The van der Waals surface area contributed by atoms with Gasteiger partial charge in [0.15, 0.2) is 0 Å². The summed E-state index contributed by atoms with van der Waals surface area (Å²) < 4.78 is 29.1. The largest absolute Gasteiger partial charge is 0.411 e. The molecule has 3 aromatic rings. The van der Waals surface area contributed by atoms with E-state index in [2.05, 4.69) is 33.4 Å². The molecule has 1 aliphatic rings. The highest BCUT2D eigenvalue weighted by atomic mass is 32.2. The van der Waals surface area contributed by atoms with Gasteiger partial charge in [0.2, 0.25) is 15.7 Å². The van der Waals surface area contributed by atoms with Crippen LogP contribution in [-0.2, 0) is 21.7 Å². The predicted molar refractivity (Wildman–Crippen MR) is 94.1 cm³/mol. The lowest BCUT2D eigenvalue weighted by Gasteiger charge is -2.31. The van der Waals surface area contributed by atoms with E-state index in [1.54, 1.807) is 11.7 Å². The minimum Gasteiger partial charge on any atom is -0.411 e. The van der Waals surface area contributed by atoms with Gasteiger partial charge in [-0.15, -0.1) is 16.4 Å². The molecule has 25 heavy (non-hydrogen) atoms. The highest BCUT2D eigenvalue weighted by molar-refractivity contribution is 7.90. The Morgan fingerprint density at radius 2 is 2.04 bits per heavy atom. The van der Waals surface area contributed by atoms with E-state index >= 15 is 0 Å². The molecule has 2 heterocycles. The van der Waals surface area contributed by atoms with Gasteiger partial charge in [-0.2, -0.15) is 0 Å². The van der Waals surface area contributed by atoms with Crippen molar-refractivity contribution in [2.75, 3.05) is 6.26 Å². The molecule has 2 aromatic heterocycles. The number of thiazole rings is 1. The van der Waals surface area contributed by atoms with Crippen molar-refractivity contribution in [2.24, 2.45) is 0 Å². The first-order valence-corrected chi connectivity index (χ1v) is 10.4. The Morgan fingerprint density at radius 3 is 2.72 bits per heavy atom. The van der Waals surface area contributed by atoms with Crippen molar-refractivity contribution in [3.8, 4) is 0 Å². The number of sulfone groups is 1. The molecule has 0 bridgehead atoms. The Bertz CT molecular complexity index is 1070. The summed E-state index contributed by atoms with van der Waals surface area (Å²) in [7, 11) is -3.56. The third kappa shape index (κ3) is 2.61. The normalized spacial score (nSPS) is 20.2. The Kier molecular flexibility index (Phi) is 3.62. The highest BCUT2D eigenvalue weighted by Gasteiger charge is 2.43. The number of benzene rings is 1. The van der Waals surface area contributed by atoms with E-state index in [1.165, 1.54) is 16.9 Å². The molecule has 0 amide bonds. The summed E-state index contributed by atoms with van der Waals surface area (Å²) in [5.74, 6) is 0.269. The number of hydrogen-bond acceptors (Lipinski definition) is 7. The Balaban J connectivity index is 1.95. The van der Waals surface area contributed by atoms with E-state index in [0.29, 0.717) is 6.42 Å². The maximum absolute atomic E-state index is 11.8. The van der Waals surface area contributed by atoms with E-state index in [-0.39, 0.29) is 11.1 Å². The molecule has 0 radical (unpaired) electrons. The third-order valence-electron chi connectivity index (χ3n) is 4.35. The average Bonchev–Trinajstić information content (AvgIpc) is 3.26. The smallest absolute Gasteiger partial charge is 0.335 e. The molecule has 0 fully saturated rings. The Morgan fingerprint density at radius 1 is 1.24 bits per heavy atom. The van der Waals surface area contributed by atoms with Gasteiger partial charge in [0.25, 0.3) is 0 Å². The molecule has 6 nitrogen and oxygen atoms in total. The van der Waals surface area contributed by atoms with Crippen molar-refractivity contribution in [2.45, 2.75) is 24.0 Å². The van der Waals surface area contributed by atoms with Gasteiger partial charge in [0.05, 0.1) is 5.51 Å². The fraction of sp³-hybridized carbons (Fsp3) is 0.235. The van der Waals surface area contributed by atoms with Gasteiger partial charge in [-0.3, -0.25) is 4.98 Å². The minimum absolute atomic E-state index is 0.269. The summed E-state index contributed by atoms with van der Waals surface area (Å²) >= 11 is 1.48. The van der Waals surface area contributed by atoms with Crippen molar-refractivity contribution in [1.82, 2.24) is 15.2 Å². The van der Waals surface area contributed by atoms with Crippen LogP contribution in [0.5, 0.6) is 0 Å². The van der Waals surface area contributed by atoms with Crippen LogP contribution < -0.4 is 0 Å². The lowest BCUT2D eigenvalue weighted by molar-refractivity contribution is 0.356. The second kappa shape index (κ2) is 5.60. The monoisotopic (exact) mass is 373 g/mol.